The Labute approximate surface area is 112 Å². The van der Waals surface area contributed by atoms with E-state index in [0.717, 1.165) is 13.1 Å². The van der Waals surface area contributed by atoms with Gasteiger partial charge in [0.1, 0.15) is 0 Å². The monoisotopic (exact) mass is 254 g/mol. The molecule has 1 rings (SSSR count). The number of nitrogens with one attached hydrogen (secondary N) is 1. The average Bonchev–Trinajstić information content (AvgIpc) is 2.66. The molecule has 0 spiro atoms. The van der Waals surface area contributed by atoms with Gasteiger partial charge in [-0.1, -0.05) is 39.5 Å². The van der Waals surface area contributed by atoms with E-state index in [2.05, 4.69) is 26.1 Å². The van der Waals surface area contributed by atoms with Gasteiger partial charge < -0.3 is 10.2 Å². The number of nitrogens with zero attached hydrogens (tertiary/aromatic N) is 1. The van der Waals surface area contributed by atoms with E-state index in [-0.39, 0.29) is 5.91 Å². The Morgan fingerprint density at radius 2 is 1.67 bits per heavy atom. The molecule has 1 aliphatic heterocycles. The number of carbonyl (C=O) groups is 1. The molecule has 0 aliphatic carbocycles. The second-order valence-electron chi connectivity index (χ2n) is 5.54. The van der Waals surface area contributed by atoms with E-state index in [4.69, 9.17) is 0 Å². The molecule has 1 heterocycles. The molecule has 3 nitrogen and oxygen atoms in total. The van der Waals surface area contributed by atoms with Gasteiger partial charge in [-0.25, -0.2) is 0 Å². The van der Waals surface area contributed by atoms with Crippen molar-refractivity contribution in [2.75, 3.05) is 19.6 Å². The molecule has 0 bridgehead atoms. The zero-order chi connectivity index (χ0) is 13.4. The molecule has 1 N–H and O–H groups in total. The Kier molecular flexibility index (Phi) is 7.33. The molecule has 1 fully saturated rings. The Balaban J connectivity index is 2.30. The van der Waals surface area contributed by atoms with Crippen molar-refractivity contribution in [3.05, 3.63) is 0 Å². The molecule has 1 amide bonds. The summed E-state index contributed by atoms with van der Waals surface area (Å²) in [5, 5.41) is 3.41. The Hall–Kier alpha value is -0.570. The second kappa shape index (κ2) is 8.52. The predicted molar refractivity (Wildman–Crippen MR) is 76.6 cm³/mol. The highest BCUT2D eigenvalue weighted by molar-refractivity contribution is 5.78. The van der Waals surface area contributed by atoms with Crippen LogP contribution in [-0.4, -0.2) is 36.5 Å². The van der Waals surface area contributed by atoms with Crippen LogP contribution in [0.25, 0.3) is 0 Å². The lowest BCUT2D eigenvalue weighted by atomic mass is 9.95. The molecule has 0 saturated carbocycles. The fraction of sp³-hybridized carbons (Fsp3) is 0.933. The summed E-state index contributed by atoms with van der Waals surface area (Å²) in [6, 6.07) is 0.441. The first-order valence-electron chi connectivity index (χ1n) is 7.70. The van der Waals surface area contributed by atoms with Crippen molar-refractivity contribution in [1.82, 2.24) is 10.2 Å². The average molecular weight is 254 g/mol. The van der Waals surface area contributed by atoms with Crippen LogP contribution >= 0.6 is 0 Å². The van der Waals surface area contributed by atoms with Gasteiger partial charge in [0.05, 0.1) is 6.54 Å². The van der Waals surface area contributed by atoms with E-state index in [9.17, 15) is 4.79 Å². The first-order valence-corrected chi connectivity index (χ1v) is 7.70. The largest absolute Gasteiger partial charge is 0.342 e. The van der Waals surface area contributed by atoms with Crippen molar-refractivity contribution in [2.45, 2.75) is 65.3 Å². The Bertz CT molecular complexity index is 231. The topological polar surface area (TPSA) is 32.3 Å². The summed E-state index contributed by atoms with van der Waals surface area (Å²) in [5.74, 6) is 0.969. The van der Waals surface area contributed by atoms with E-state index in [1.54, 1.807) is 0 Å². The first kappa shape index (κ1) is 15.5. The molecule has 1 unspecified atom stereocenters. The van der Waals surface area contributed by atoms with Gasteiger partial charge >= 0.3 is 0 Å². The quantitative estimate of drug-likeness (QED) is 0.790. The zero-order valence-electron chi connectivity index (χ0n) is 12.4. The zero-order valence-corrected chi connectivity index (χ0v) is 12.4. The third-order valence-corrected chi connectivity index (χ3v) is 4.29. The SMILES string of the molecule is CCC(CC)C(C)NCC(=O)N1CCCCCC1. The van der Waals surface area contributed by atoms with Crippen LogP contribution in [-0.2, 0) is 4.79 Å². The summed E-state index contributed by atoms with van der Waals surface area (Å²) in [6.07, 6.45) is 7.27. The fourth-order valence-corrected chi connectivity index (χ4v) is 2.84. The first-order chi connectivity index (χ1) is 8.69. The maximum absolute atomic E-state index is 12.1. The molecular formula is C15H30N2O. The summed E-state index contributed by atoms with van der Waals surface area (Å²) in [7, 11) is 0. The number of amides is 1. The standard InChI is InChI=1S/C15H30N2O/c1-4-14(5-2)13(3)16-12-15(18)17-10-8-6-7-9-11-17/h13-14,16H,4-12H2,1-3H3. The minimum absolute atomic E-state index is 0.287. The van der Waals surface area contributed by atoms with Crippen molar-refractivity contribution in [2.24, 2.45) is 5.92 Å². The molecule has 0 aromatic heterocycles. The number of rotatable bonds is 6. The maximum Gasteiger partial charge on any atom is 0.236 e. The molecule has 18 heavy (non-hydrogen) atoms. The van der Waals surface area contributed by atoms with Crippen molar-refractivity contribution in [3.63, 3.8) is 0 Å². The minimum Gasteiger partial charge on any atom is -0.342 e. The molecule has 0 aromatic carbocycles. The Morgan fingerprint density at radius 1 is 1.11 bits per heavy atom. The third-order valence-electron chi connectivity index (χ3n) is 4.29. The van der Waals surface area contributed by atoms with Crippen LogP contribution < -0.4 is 5.32 Å². The van der Waals surface area contributed by atoms with Gasteiger partial charge in [-0.15, -0.1) is 0 Å². The highest BCUT2D eigenvalue weighted by Gasteiger charge is 2.18. The van der Waals surface area contributed by atoms with Crippen molar-refractivity contribution < 1.29 is 4.79 Å². The summed E-state index contributed by atoms with van der Waals surface area (Å²) in [5.41, 5.74) is 0. The second-order valence-corrected chi connectivity index (χ2v) is 5.54. The lowest BCUT2D eigenvalue weighted by Gasteiger charge is -2.25. The third kappa shape index (κ3) is 4.97. The molecule has 1 saturated heterocycles. The molecule has 0 radical (unpaired) electrons. The van der Waals surface area contributed by atoms with Crippen LogP contribution in [0.2, 0.25) is 0 Å². The van der Waals surface area contributed by atoms with Gasteiger partial charge in [-0.2, -0.15) is 0 Å². The van der Waals surface area contributed by atoms with Gasteiger partial charge in [0.15, 0.2) is 0 Å². The maximum atomic E-state index is 12.1. The van der Waals surface area contributed by atoms with E-state index in [0.29, 0.717) is 18.5 Å². The molecule has 1 aliphatic rings. The van der Waals surface area contributed by atoms with Crippen molar-refractivity contribution in [1.29, 1.82) is 0 Å². The van der Waals surface area contributed by atoms with Gasteiger partial charge in [0.2, 0.25) is 5.91 Å². The minimum atomic E-state index is 0.287. The highest BCUT2D eigenvalue weighted by Crippen LogP contribution is 2.13. The smallest absolute Gasteiger partial charge is 0.236 e. The number of carbonyl (C=O) groups excluding carboxylic acids is 1. The van der Waals surface area contributed by atoms with Gasteiger partial charge in [-0.3, -0.25) is 4.79 Å². The van der Waals surface area contributed by atoms with Crippen LogP contribution in [0.1, 0.15) is 59.3 Å². The van der Waals surface area contributed by atoms with Crippen molar-refractivity contribution in [3.8, 4) is 0 Å². The molecule has 106 valence electrons. The van der Waals surface area contributed by atoms with Gasteiger partial charge in [0, 0.05) is 19.1 Å². The molecule has 3 heteroatoms. The van der Waals surface area contributed by atoms with Gasteiger partial charge in [-0.05, 0) is 25.7 Å². The lowest BCUT2D eigenvalue weighted by molar-refractivity contribution is -0.130. The van der Waals surface area contributed by atoms with Crippen LogP contribution in [0.15, 0.2) is 0 Å². The van der Waals surface area contributed by atoms with Crippen LogP contribution in [0.4, 0.5) is 0 Å². The Morgan fingerprint density at radius 3 is 2.17 bits per heavy atom. The molecule has 0 aromatic rings. The summed E-state index contributed by atoms with van der Waals surface area (Å²) < 4.78 is 0. The van der Waals surface area contributed by atoms with Crippen molar-refractivity contribution >= 4 is 5.91 Å². The highest BCUT2D eigenvalue weighted by atomic mass is 16.2. The van der Waals surface area contributed by atoms with Crippen LogP contribution in [0.3, 0.4) is 0 Å². The number of likely N-dealkylation sites (tertiary alicyclic amines) is 1. The summed E-state index contributed by atoms with van der Waals surface area (Å²) >= 11 is 0. The number of hydrogen-bond acceptors (Lipinski definition) is 2. The normalized spacial score (nSPS) is 18.8. The van der Waals surface area contributed by atoms with E-state index >= 15 is 0 Å². The predicted octanol–water partition coefficient (Wildman–Crippen LogP) is 2.80. The van der Waals surface area contributed by atoms with Crippen LogP contribution in [0, 0.1) is 5.92 Å². The summed E-state index contributed by atoms with van der Waals surface area (Å²) in [4.78, 5) is 14.2. The lowest BCUT2D eigenvalue weighted by Crippen LogP contribution is -2.43. The number of hydrogen-bond donors (Lipinski definition) is 1. The van der Waals surface area contributed by atoms with E-state index in [1.807, 2.05) is 4.90 Å². The fourth-order valence-electron chi connectivity index (χ4n) is 2.84. The van der Waals surface area contributed by atoms with E-state index in [1.165, 1.54) is 38.5 Å². The van der Waals surface area contributed by atoms with Gasteiger partial charge in [0.25, 0.3) is 0 Å². The summed E-state index contributed by atoms with van der Waals surface area (Å²) in [6.45, 7) is 9.08. The van der Waals surface area contributed by atoms with E-state index < -0.39 is 0 Å². The molecule has 1 atom stereocenters. The molecular weight excluding hydrogens is 224 g/mol. The van der Waals surface area contributed by atoms with Crippen LogP contribution in [0.5, 0.6) is 0 Å².